The summed E-state index contributed by atoms with van der Waals surface area (Å²) >= 11 is 2.21. The Kier molecular flexibility index (Phi) is 4.27. The molecule has 0 radical (unpaired) electrons. The first-order valence-corrected chi connectivity index (χ1v) is 6.31. The topological polar surface area (TPSA) is 61.0 Å². The normalized spacial score (nSPS) is 10.2. The zero-order valence-corrected chi connectivity index (χ0v) is 11.3. The number of hydrogen-bond acceptors (Lipinski definition) is 4. The van der Waals surface area contributed by atoms with Gasteiger partial charge in [0.25, 0.3) is 0 Å². The third-order valence-electron chi connectivity index (χ3n) is 2.15. The van der Waals surface area contributed by atoms with Gasteiger partial charge in [0.15, 0.2) is 0 Å². The lowest BCUT2D eigenvalue weighted by atomic mass is 10.2. The number of para-hydroxylation sites is 1. The predicted molar refractivity (Wildman–Crippen MR) is 74.0 cm³/mol. The lowest BCUT2D eigenvalue weighted by molar-refractivity contribution is 0.438. The molecule has 0 amide bonds. The van der Waals surface area contributed by atoms with E-state index in [2.05, 4.69) is 32.6 Å². The van der Waals surface area contributed by atoms with Gasteiger partial charge >= 0.3 is 6.01 Å². The van der Waals surface area contributed by atoms with Crippen molar-refractivity contribution in [2.45, 2.75) is 6.42 Å². The molecule has 2 rings (SSSR count). The molecule has 1 aromatic carbocycles. The third-order valence-corrected chi connectivity index (χ3v) is 3.04. The van der Waals surface area contributed by atoms with Crippen LogP contribution < -0.4 is 10.5 Å². The average molecular weight is 341 g/mol. The molecule has 0 fully saturated rings. The smallest absolute Gasteiger partial charge is 0.321 e. The van der Waals surface area contributed by atoms with Gasteiger partial charge in [-0.2, -0.15) is 0 Å². The van der Waals surface area contributed by atoms with Gasteiger partial charge < -0.3 is 10.5 Å². The summed E-state index contributed by atoms with van der Waals surface area (Å²) < 4.78 is 6.61. The monoisotopic (exact) mass is 341 g/mol. The number of benzene rings is 1. The molecule has 0 aliphatic carbocycles. The van der Waals surface area contributed by atoms with Crippen LogP contribution in [-0.4, -0.2) is 16.5 Å². The van der Waals surface area contributed by atoms with Gasteiger partial charge in [0.05, 0.1) is 3.57 Å². The van der Waals surface area contributed by atoms with Gasteiger partial charge in [-0.15, -0.1) is 0 Å². The van der Waals surface area contributed by atoms with Gasteiger partial charge in [-0.05, 0) is 53.3 Å². The number of ether oxygens (including phenoxy) is 1. The SMILES string of the molecule is NCCc1cnc(Oc2ccccc2I)nc1. The van der Waals surface area contributed by atoms with Crippen molar-refractivity contribution in [2.75, 3.05) is 6.54 Å². The summed E-state index contributed by atoms with van der Waals surface area (Å²) in [5, 5.41) is 0. The minimum absolute atomic E-state index is 0.356. The zero-order valence-electron chi connectivity index (χ0n) is 9.14. The number of rotatable bonds is 4. The highest BCUT2D eigenvalue weighted by Crippen LogP contribution is 2.23. The summed E-state index contributed by atoms with van der Waals surface area (Å²) in [4.78, 5) is 8.28. The van der Waals surface area contributed by atoms with E-state index in [1.165, 1.54) is 0 Å². The molecule has 4 nitrogen and oxygen atoms in total. The number of nitrogens with two attached hydrogens (primary N) is 1. The van der Waals surface area contributed by atoms with Gasteiger partial charge in [-0.3, -0.25) is 0 Å². The van der Waals surface area contributed by atoms with Crippen LogP contribution in [0.3, 0.4) is 0 Å². The second-order valence-corrected chi connectivity index (χ2v) is 4.61. The van der Waals surface area contributed by atoms with E-state index in [0.29, 0.717) is 12.6 Å². The molecule has 0 bridgehead atoms. The molecule has 0 spiro atoms. The standard InChI is InChI=1S/C12H12IN3O/c13-10-3-1-2-4-11(10)17-12-15-7-9(5-6-14)8-16-12/h1-4,7-8H,5-6,14H2. The van der Waals surface area contributed by atoms with E-state index in [9.17, 15) is 0 Å². The second kappa shape index (κ2) is 5.92. The minimum Gasteiger partial charge on any atom is -0.423 e. The first-order valence-electron chi connectivity index (χ1n) is 5.23. The van der Waals surface area contributed by atoms with Crippen LogP contribution in [-0.2, 0) is 6.42 Å². The Labute approximate surface area is 113 Å². The maximum absolute atomic E-state index is 5.58. The molecule has 0 saturated heterocycles. The fourth-order valence-electron chi connectivity index (χ4n) is 1.32. The molecule has 0 saturated carbocycles. The van der Waals surface area contributed by atoms with Crippen molar-refractivity contribution in [1.82, 2.24) is 9.97 Å². The summed E-state index contributed by atoms with van der Waals surface area (Å²) in [6.45, 7) is 0.597. The molecule has 88 valence electrons. The van der Waals surface area contributed by atoms with Gasteiger partial charge in [-0.1, -0.05) is 12.1 Å². The highest BCUT2D eigenvalue weighted by Gasteiger charge is 2.03. The summed E-state index contributed by atoms with van der Waals surface area (Å²) in [5.41, 5.74) is 6.47. The van der Waals surface area contributed by atoms with Crippen LogP contribution >= 0.6 is 22.6 Å². The first kappa shape index (κ1) is 12.3. The van der Waals surface area contributed by atoms with Crippen LogP contribution in [0.25, 0.3) is 0 Å². The summed E-state index contributed by atoms with van der Waals surface area (Å²) in [7, 11) is 0. The van der Waals surface area contributed by atoms with E-state index in [1.807, 2.05) is 24.3 Å². The third kappa shape index (κ3) is 3.37. The van der Waals surface area contributed by atoms with Crippen molar-refractivity contribution in [3.05, 3.63) is 45.8 Å². The Hall–Kier alpha value is -1.21. The molecule has 0 aliphatic heterocycles. The van der Waals surface area contributed by atoms with Gasteiger partial charge in [0.2, 0.25) is 0 Å². The number of halogens is 1. The van der Waals surface area contributed by atoms with E-state index >= 15 is 0 Å². The van der Waals surface area contributed by atoms with Crippen molar-refractivity contribution < 1.29 is 4.74 Å². The molecule has 0 atom stereocenters. The zero-order chi connectivity index (χ0) is 12.1. The Balaban J connectivity index is 2.11. The summed E-state index contributed by atoms with van der Waals surface area (Å²) in [6, 6.07) is 8.09. The fraction of sp³-hybridized carbons (Fsp3) is 0.167. The Morgan fingerprint density at radius 1 is 1.18 bits per heavy atom. The number of nitrogens with zero attached hydrogens (tertiary/aromatic N) is 2. The lowest BCUT2D eigenvalue weighted by Gasteiger charge is -2.05. The van der Waals surface area contributed by atoms with Crippen molar-refractivity contribution in [1.29, 1.82) is 0 Å². The number of aromatic nitrogens is 2. The predicted octanol–water partition coefficient (Wildman–Crippen LogP) is 2.37. The molecule has 2 N–H and O–H groups in total. The van der Waals surface area contributed by atoms with Crippen LogP contribution in [0.5, 0.6) is 11.8 Å². The molecule has 2 aromatic rings. The minimum atomic E-state index is 0.356. The van der Waals surface area contributed by atoms with Crippen LogP contribution in [0.4, 0.5) is 0 Å². The molecule has 1 heterocycles. The molecule has 5 heteroatoms. The van der Waals surface area contributed by atoms with Crippen LogP contribution in [0.15, 0.2) is 36.7 Å². The van der Waals surface area contributed by atoms with Crippen LogP contribution in [0.2, 0.25) is 0 Å². The highest BCUT2D eigenvalue weighted by molar-refractivity contribution is 14.1. The lowest BCUT2D eigenvalue weighted by Crippen LogP contribution is -2.03. The van der Waals surface area contributed by atoms with E-state index in [-0.39, 0.29) is 0 Å². The van der Waals surface area contributed by atoms with Crippen molar-refractivity contribution >= 4 is 22.6 Å². The van der Waals surface area contributed by atoms with Crippen molar-refractivity contribution in [3.63, 3.8) is 0 Å². The summed E-state index contributed by atoms with van der Waals surface area (Å²) in [5.74, 6) is 0.764. The van der Waals surface area contributed by atoms with E-state index in [1.54, 1.807) is 12.4 Å². The molecular formula is C12H12IN3O. The van der Waals surface area contributed by atoms with Crippen molar-refractivity contribution in [3.8, 4) is 11.8 Å². The second-order valence-electron chi connectivity index (χ2n) is 3.45. The van der Waals surface area contributed by atoms with Gasteiger partial charge in [0.1, 0.15) is 5.75 Å². The molecule has 17 heavy (non-hydrogen) atoms. The Bertz CT molecular complexity index is 487. The van der Waals surface area contributed by atoms with E-state index in [0.717, 1.165) is 21.3 Å². The van der Waals surface area contributed by atoms with E-state index in [4.69, 9.17) is 10.5 Å². The van der Waals surface area contributed by atoms with E-state index < -0.39 is 0 Å². The van der Waals surface area contributed by atoms with Crippen LogP contribution in [0.1, 0.15) is 5.56 Å². The van der Waals surface area contributed by atoms with Crippen LogP contribution in [0, 0.1) is 3.57 Å². The van der Waals surface area contributed by atoms with Crippen molar-refractivity contribution in [2.24, 2.45) is 5.73 Å². The quantitative estimate of drug-likeness (QED) is 0.868. The summed E-state index contributed by atoms with van der Waals surface area (Å²) in [6.07, 6.45) is 4.26. The van der Waals surface area contributed by atoms with Gasteiger partial charge in [-0.25, -0.2) is 9.97 Å². The largest absolute Gasteiger partial charge is 0.423 e. The first-order chi connectivity index (χ1) is 8.29. The molecular weight excluding hydrogens is 329 g/mol. The molecule has 0 aliphatic rings. The average Bonchev–Trinajstić information content (AvgIpc) is 2.35. The maximum atomic E-state index is 5.58. The highest BCUT2D eigenvalue weighted by atomic mass is 127. The Morgan fingerprint density at radius 3 is 2.53 bits per heavy atom. The fourth-order valence-corrected chi connectivity index (χ4v) is 1.81. The molecule has 1 aromatic heterocycles. The maximum Gasteiger partial charge on any atom is 0.321 e. The number of hydrogen-bond donors (Lipinski definition) is 1. The molecule has 0 unspecified atom stereocenters. The van der Waals surface area contributed by atoms with Gasteiger partial charge in [0, 0.05) is 12.4 Å². The Morgan fingerprint density at radius 2 is 1.88 bits per heavy atom.